The van der Waals surface area contributed by atoms with Gasteiger partial charge >= 0.3 is 6.61 Å². The molecule has 1 unspecified atom stereocenters. The Morgan fingerprint density at radius 1 is 1.30 bits per heavy atom. The van der Waals surface area contributed by atoms with Crippen LogP contribution in [0.5, 0.6) is 11.5 Å². The summed E-state index contributed by atoms with van der Waals surface area (Å²) in [5.74, 6) is 0.779. The molecule has 1 aliphatic rings. The Morgan fingerprint density at radius 3 is 2.67 bits per heavy atom. The summed E-state index contributed by atoms with van der Waals surface area (Å²) in [4.78, 5) is 12.2. The lowest BCUT2D eigenvalue weighted by Crippen LogP contribution is -2.14. The first-order valence-corrected chi connectivity index (χ1v) is 9.62. The van der Waals surface area contributed by atoms with Crippen molar-refractivity contribution in [1.29, 1.82) is 0 Å². The second kappa shape index (κ2) is 9.56. The number of alkyl halides is 2. The molecule has 2 aromatic rings. The van der Waals surface area contributed by atoms with Crippen LogP contribution < -0.4 is 9.47 Å². The standard InChI is InChI=1S/C22H25F2N3O3/c1-5-27(3)13-25-18-11-20(28-4)17(10-14(18)2)21-12-19(26-30-21)15-6-8-16(9-7-15)29-22(23)24/h6-11,13,21-22H,5,12H2,1-4H3. The Balaban J connectivity index is 1.76. The maximum absolute atomic E-state index is 12.3. The van der Waals surface area contributed by atoms with Crippen LogP contribution in [0.15, 0.2) is 46.5 Å². The molecule has 2 aromatic carbocycles. The van der Waals surface area contributed by atoms with Crippen molar-refractivity contribution in [2.75, 3.05) is 20.7 Å². The Morgan fingerprint density at radius 2 is 2.03 bits per heavy atom. The lowest BCUT2D eigenvalue weighted by atomic mass is 9.97. The number of hydrogen-bond acceptors (Lipinski definition) is 5. The highest BCUT2D eigenvalue weighted by atomic mass is 19.3. The van der Waals surface area contributed by atoms with E-state index in [1.807, 2.05) is 31.0 Å². The number of nitrogens with zero attached hydrogens (tertiary/aromatic N) is 3. The molecule has 0 aromatic heterocycles. The van der Waals surface area contributed by atoms with E-state index in [1.54, 1.807) is 25.6 Å². The number of ether oxygens (including phenoxy) is 2. The number of halogens is 2. The highest BCUT2D eigenvalue weighted by Gasteiger charge is 2.27. The van der Waals surface area contributed by atoms with Crippen molar-refractivity contribution in [2.45, 2.75) is 33.0 Å². The Hall–Kier alpha value is -3.16. The van der Waals surface area contributed by atoms with Gasteiger partial charge in [0.25, 0.3) is 0 Å². The Kier molecular flexibility index (Phi) is 6.87. The molecule has 1 atom stereocenters. The molecule has 30 heavy (non-hydrogen) atoms. The lowest BCUT2D eigenvalue weighted by Gasteiger charge is -2.16. The van der Waals surface area contributed by atoms with Gasteiger partial charge < -0.3 is 19.2 Å². The summed E-state index contributed by atoms with van der Waals surface area (Å²) >= 11 is 0. The summed E-state index contributed by atoms with van der Waals surface area (Å²) in [5, 5.41) is 4.19. The molecule has 1 heterocycles. The first-order valence-electron chi connectivity index (χ1n) is 9.62. The zero-order chi connectivity index (χ0) is 21.7. The molecule has 0 saturated carbocycles. The molecule has 6 nitrogen and oxygen atoms in total. The first-order chi connectivity index (χ1) is 14.4. The largest absolute Gasteiger partial charge is 0.496 e. The van der Waals surface area contributed by atoms with Gasteiger partial charge in [-0.15, -0.1) is 0 Å². The van der Waals surface area contributed by atoms with Crippen molar-refractivity contribution in [1.82, 2.24) is 4.90 Å². The van der Waals surface area contributed by atoms with E-state index >= 15 is 0 Å². The topological polar surface area (TPSA) is 55.7 Å². The van der Waals surface area contributed by atoms with Crippen LogP contribution in [0.4, 0.5) is 14.5 Å². The average molecular weight is 417 g/mol. The maximum Gasteiger partial charge on any atom is 0.387 e. The molecule has 0 amide bonds. The Labute approximate surface area is 174 Å². The maximum atomic E-state index is 12.3. The second-order valence-corrected chi connectivity index (χ2v) is 6.94. The minimum Gasteiger partial charge on any atom is -0.496 e. The van der Waals surface area contributed by atoms with Gasteiger partial charge in [0.05, 0.1) is 24.8 Å². The molecule has 0 saturated heterocycles. The number of oxime groups is 1. The van der Waals surface area contributed by atoms with Crippen molar-refractivity contribution in [3.8, 4) is 11.5 Å². The molecule has 8 heteroatoms. The van der Waals surface area contributed by atoms with Crippen LogP contribution in [0.2, 0.25) is 0 Å². The van der Waals surface area contributed by atoms with E-state index in [0.717, 1.165) is 34.6 Å². The Bertz CT molecular complexity index is 930. The minimum atomic E-state index is -2.85. The van der Waals surface area contributed by atoms with E-state index in [9.17, 15) is 8.78 Å². The predicted octanol–water partition coefficient (Wildman–Crippen LogP) is 5.08. The molecule has 0 spiro atoms. The number of rotatable bonds is 8. The van der Waals surface area contributed by atoms with Gasteiger partial charge in [-0.1, -0.05) is 5.16 Å². The van der Waals surface area contributed by atoms with E-state index in [1.165, 1.54) is 12.1 Å². The lowest BCUT2D eigenvalue weighted by molar-refractivity contribution is -0.0498. The number of aliphatic imine (C=N–C) groups is 1. The third-order valence-corrected chi connectivity index (χ3v) is 4.87. The molecule has 1 aliphatic heterocycles. The van der Waals surface area contributed by atoms with Crippen LogP contribution in [0.3, 0.4) is 0 Å². The fourth-order valence-corrected chi connectivity index (χ4v) is 3.05. The summed E-state index contributed by atoms with van der Waals surface area (Å²) in [7, 11) is 3.57. The minimum absolute atomic E-state index is 0.104. The third-order valence-electron chi connectivity index (χ3n) is 4.87. The van der Waals surface area contributed by atoms with E-state index < -0.39 is 6.61 Å². The zero-order valence-electron chi connectivity index (χ0n) is 17.4. The van der Waals surface area contributed by atoms with Crippen molar-refractivity contribution in [2.24, 2.45) is 10.1 Å². The summed E-state index contributed by atoms with van der Waals surface area (Å²) in [6.07, 6.45) is 2.02. The van der Waals surface area contributed by atoms with Crippen LogP contribution in [-0.2, 0) is 4.84 Å². The fraction of sp³-hybridized carbons (Fsp3) is 0.364. The van der Waals surface area contributed by atoms with Crippen molar-refractivity contribution >= 4 is 17.7 Å². The SMILES string of the molecule is CCN(C)C=Nc1cc(OC)c(C2CC(c3ccc(OC(F)F)cc3)=NO2)cc1C. The van der Waals surface area contributed by atoms with Crippen LogP contribution in [0.25, 0.3) is 0 Å². The van der Waals surface area contributed by atoms with Gasteiger partial charge in [-0.05, 0) is 55.3 Å². The number of aryl methyl sites for hydroxylation is 1. The summed E-state index contributed by atoms with van der Waals surface area (Å²) in [5.41, 5.74) is 4.23. The molecule has 3 rings (SSSR count). The fourth-order valence-electron chi connectivity index (χ4n) is 3.05. The van der Waals surface area contributed by atoms with Gasteiger partial charge in [0, 0.05) is 31.6 Å². The van der Waals surface area contributed by atoms with Gasteiger partial charge in [0.15, 0.2) is 6.10 Å². The molecule has 160 valence electrons. The van der Waals surface area contributed by atoms with Gasteiger partial charge in [-0.3, -0.25) is 0 Å². The van der Waals surface area contributed by atoms with Crippen molar-refractivity contribution in [3.05, 3.63) is 53.1 Å². The molecular formula is C22H25F2N3O3. The van der Waals surface area contributed by atoms with Gasteiger partial charge in [0.2, 0.25) is 0 Å². The molecule has 0 aliphatic carbocycles. The number of methoxy groups -OCH3 is 1. The average Bonchev–Trinajstić information content (AvgIpc) is 3.22. The third kappa shape index (κ3) is 5.06. The van der Waals surface area contributed by atoms with E-state index in [-0.39, 0.29) is 11.9 Å². The van der Waals surface area contributed by atoms with Crippen LogP contribution in [0, 0.1) is 6.92 Å². The highest BCUT2D eigenvalue weighted by Crippen LogP contribution is 2.38. The van der Waals surface area contributed by atoms with Crippen molar-refractivity contribution in [3.63, 3.8) is 0 Å². The molecule has 0 N–H and O–H groups in total. The quantitative estimate of drug-likeness (QED) is 0.444. The van der Waals surface area contributed by atoms with E-state index in [4.69, 9.17) is 9.57 Å². The molecule has 0 radical (unpaired) electrons. The normalized spacial score (nSPS) is 16.0. The van der Waals surface area contributed by atoms with E-state index in [0.29, 0.717) is 12.2 Å². The van der Waals surface area contributed by atoms with Crippen LogP contribution >= 0.6 is 0 Å². The number of hydrogen-bond donors (Lipinski definition) is 0. The van der Waals surface area contributed by atoms with E-state index in [2.05, 4.69) is 21.8 Å². The zero-order valence-corrected chi connectivity index (χ0v) is 17.4. The summed E-state index contributed by atoms with van der Waals surface area (Å²) < 4.78 is 34.6. The number of benzene rings is 2. The van der Waals surface area contributed by atoms with Gasteiger partial charge in [0.1, 0.15) is 11.5 Å². The second-order valence-electron chi connectivity index (χ2n) is 6.94. The van der Waals surface area contributed by atoms with Crippen LogP contribution in [0.1, 0.15) is 36.1 Å². The monoisotopic (exact) mass is 417 g/mol. The molecule has 0 bridgehead atoms. The summed E-state index contributed by atoms with van der Waals surface area (Å²) in [6, 6.07) is 10.2. The van der Waals surface area contributed by atoms with Crippen molar-refractivity contribution < 1.29 is 23.1 Å². The van der Waals surface area contributed by atoms with Crippen LogP contribution in [-0.4, -0.2) is 44.3 Å². The van der Waals surface area contributed by atoms with Gasteiger partial charge in [-0.25, -0.2) is 4.99 Å². The smallest absolute Gasteiger partial charge is 0.387 e. The van der Waals surface area contributed by atoms with Gasteiger partial charge in [-0.2, -0.15) is 8.78 Å². The first kappa shape index (κ1) is 21.5. The highest BCUT2D eigenvalue weighted by molar-refractivity contribution is 6.01. The summed E-state index contributed by atoms with van der Waals surface area (Å²) in [6.45, 7) is 2.05. The molecular weight excluding hydrogens is 392 g/mol. The predicted molar refractivity (Wildman–Crippen MR) is 112 cm³/mol. The molecule has 0 fully saturated rings.